The van der Waals surface area contributed by atoms with Crippen LogP contribution in [0.25, 0.3) is 11.3 Å². The topological polar surface area (TPSA) is 123 Å². The lowest BCUT2D eigenvalue weighted by atomic mass is 10.0. The number of halogens is 1. The van der Waals surface area contributed by atoms with Crippen LogP contribution in [0.4, 0.5) is 15.9 Å². The van der Waals surface area contributed by atoms with E-state index < -0.39 is 23.8 Å². The smallest absolute Gasteiger partial charge is 0.269 e. The molecule has 3 N–H and O–H groups in total. The van der Waals surface area contributed by atoms with Gasteiger partial charge in [-0.25, -0.2) is 14.4 Å². The first-order valence-corrected chi connectivity index (χ1v) is 14.5. The standard InChI is InChI=1S/C32H30FN7O3/c33-25-8-4-7-23-27(19-5-2-1-3-6-19)36-30(32(42)37-29(23)25)38-31(41)24-18-40(22-13-15-43-16-14-22)39-28(24)20-9-12-26(34-17-20)35-21-10-11-21/h1-9,12,17-18,21-22,30H,10-11,13-16H2,(H,34,35)(H,37,42)(H,38,41)/t30-/m1/s1. The number of nitrogens with one attached hydrogen (secondary N) is 3. The Morgan fingerprint density at radius 1 is 0.977 bits per heavy atom. The van der Waals surface area contributed by atoms with Crippen LogP contribution in [0, 0.1) is 5.82 Å². The Bertz CT molecular complexity index is 1690. The number of hydrogen-bond donors (Lipinski definition) is 3. The molecule has 7 rings (SSSR count). The van der Waals surface area contributed by atoms with E-state index in [0.29, 0.717) is 47.4 Å². The fourth-order valence-corrected chi connectivity index (χ4v) is 5.39. The van der Waals surface area contributed by atoms with Gasteiger partial charge in [-0.3, -0.25) is 14.3 Å². The number of benzene rings is 2. The molecular weight excluding hydrogens is 549 g/mol. The summed E-state index contributed by atoms with van der Waals surface area (Å²) < 4.78 is 22.2. The maximum Gasteiger partial charge on any atom is 0.269 e. The number of aliphatic imine (C=N–C) groups is 1. The van der Waals surface area contributed by atoms with Gasteiger partial charge in [-0.15, -0.1) is 0 Å². The summed E-state index contributed by atoms with van der Waals surface area (Å²) in [7, 11) is 0. The van der Waals surface area contributed by atoms with Gasteiger partial charge in [-0.1, -0.05) is 42.5 Å². The number of carbonyl (C=O) groups is 2. The van der Waals surface area contributed by atoms with Crippen LogP contribution in [-0.4, -0.2) is 57.7 Å². The van der Waals surface area contributed by atoms with Gasteiger partial charge in [0.25, 0.3) is 11.8 Å². The van der Waals surface area contributed by atoms with E-state index >= 15 is 0 Å². The van der Waals surface area contributed by atoms with E-state index in [4.69, 9.17) is 9.84 Å². The number of hydrogen-bond acceptors (Lipinski definition) is 7. The molecular formula is C32H30FN7O3. The Balaban J connectivity index is 1.24. The first-order chi connectivity index (χ1) is 21.0. The number of para-hydroxylation sites is 1. The lowest BCUT2D eigenvalue weighted by Crippen LogP contribution is -2.42. The minimum Gasteiger partial charge on any atom is -0.381 e. The average Bonchev–Trinajstić information content (AvgIpc) is 3.77. The summed E-state index contributed by atoms with van der Waals surface area (Å²) in [5.41, 5.74) is 2.93. The second kappa shape index (κ2) is 11.4. The van der Waals surface area contributed by atoms with Gasteiger partial charge in [0.1, 0.15) is 17.3 Å². The highest BCUT2D eigenvalue weighted by molar-refractivity contribution is 6.20. The van der Waals surface area contributed by atoms with Crippen molar-refractivity contribution in [1.82, 2.24) is 20.1 Å². The highest BCUT2D eigenvalue weighted by Gasteiger charge is 2.31. The lowest BCUT2D eigenvalue weighted by Gasteiger charge is -2.22. The van der Waals surface area contributed by atoms with E-state index in [2.05, 4.69) is 25.9 Å². The summed E-state index contributed by atoms with van der Waals surface area (Å²) in [5.74, 6) is -1.00. The molecule has 2 fully saturated rings. The van der Waals surface area contributed by atoms with Crippen molar-refractivity contribution < 1.29 is 18.7 Å². The second-order valence-corrected chi connectivity index (χ2v) is 10.9. The highest BCUT2D eigenvalue weighted by Crippen LogP contribution is 2.30. The van der Waals surface area contributed by atoms with Gasteiger partial charge in [0.05, 0.1) is 23.0 Å². The zero-order valence-corrected chi connectivity index (χ0v) is 23.3. The van der Waals surface area contributed by atoms with Crippen molar-refractivity contribution in [3.05, 3.63) is 95.6 Å². The van der Waals surface area contributed by atoms with E-state index in [1.54, 1.807) is 29.2 Å². The van der Waals surface area contributed by atoms with Crippen LogP contribution in [0.15, 0.2) is 78.0 Å². The van der Waals surface area contributed by atoms with Crippen molar-refractivity contribution in [2.24, 2.45) is 4.99 Å². The van der Waals surface area contributed by atoms with E-state index in [1.165, 1.54) is 6.07 Å². The molecule has 1 atom stereocenters. The van der Waals surface area contributed by atoms with Gasteiger partial charge in [0, 0.05) is 48.3 Å². The third-order valence-corrected chi connectivity index (χ3v) is 7.85. The monoisotopic (exact) mass is 579 g/mol. The molecule has 3 aliphatic rings. The highest BCUT2D eigenvalue weighted by atomic mass is 19.1. The van der Waals surface area contributed by atoms with E-state index in [1.807, 2.05) is 42.5 Å². The summed E-state index contributed by atoms with van der Waals surface area (Å²) in [6, 6.07) is 18.0. The largest absolute Gasteiger partial charge is 0.381 e. The van der Waals surface area contributed by atoms with Gasteiger partial charge < -0.3 is 20.7 Å². The zero-order chi connectivity index (χ0) is 29.3. The maximum absolute atomic E-state index is 14.9. The van der Waals surface area contributed by atoms with Crippen LogP contribution in [-0.2, 0) is 9.53 Å². The minimum absolute atomic E-state index is 0.0193. The molecule has 218 valence electrons. The molecule has 1 saturated heterocycles. The van der Waals surface area contributed by atoms with Gasteiger partial charge in [0.15, 0.2) is 0 Å². The molecule has 2 aromatic carbocycles. The fraction of sp³-hybridized carbons (Fsp3) is 0.281. The number of carbonyl (C=O) groups excluding carboxylic acids is 2. The second-order valence-electron chi connectivity index (χ2n) is 10.9. The lowest BCUT2D eigenvalue weighted by molar-refractivity contribution is -0.117. The Hall–Kier alpha value is -4.90. The van der Waals surface area contributed by atoms with Gasteiger partial charge in [0.2, 0.25) is 6.17 Å². The predicted molar refractivity (Wildman–Crippen MR) is 160 cm³/mol. The van der Waals surface area contributed by atoms with Crippen LogP contribution in [0.3, 0.4) is 0 Å². The van der Waals surface area contributed by atoms with E-state index in [0.717, 1.165) is 31.5 Å². The molecule has 10 nitrogen and oxygen atoms in total. The molecule has 4 heterocycles. The summed E-state index contributed by atoms with van der Waals surface area (Å²) >= 11 is 0. The molecule has 0 unspecified atom stereocenters. The summed E-state index contributed by atoms with van der Waals surface area (Å²) in [6.07, 6.45) is 5.88. The van der Waals surface area contributed by atoms with Crippen molar-refractivity contribution in [2.75, 3.05) is 23.8 Å². The molecule has 0 radical (unpaired) electrons. The van der Waals surface area contributed by atoms with Crippen LogP contribution >= 0.6 is 0 Å². The quantitative estimate of drug-likeness (QED) is 0.295. The first-order valence-electron chi connectivity index (χ1n) is 14.5. The molecule has 4 aromatic rings. The van der Waals surface area contributed by atoms with Crippen molar-refractivity contribution in [2.45, 2.75) is 43.9 Å². The van der Waals surface area contributed by atoms with Gasteiger partial charge in [-0.05, 0) is 43.9 Å². The molecule has 2 aromatic heterocycles. The number of aromatic nitrogens is 3. The Morgan fingerprint density at radius 2 is 1.79 bits per heavy atom. The number of pyridine rings is 1. The number of fused-ring (bicyclic) bond motifs is 1. The van der Waals surface area contributed by atoms with Crippen molar-refractivity contribution in [3.63, 3.8) is 0 Å². The Morgan fingerprint density at radius 3 is 2.53 bits per heavy atom. The molecule has 1 saturated carbocycles. The van der Waals surface area contributed by atoms with Crippen LogP contribution in [0.5, 0.6) is 0 Å². The molecule has 0 bridgehead atoms. The maximum atomic E-state index is 14.9. The molecule has 1 aliphatic carbocycles. The summed E-state index contributed by atoms with van der Waals surface area (Å²) in [5, 5.41) is 13.6. The Kier molecular flexibility index (Phi) is 7.15. The molecule has 2 amide bonds. The number of ether oxygens (including phenoxy) is 1. The van der Waals surface area contributed by atoms with Crippen LogP contribution in [0.2, 0.25) is 0 Å². The minimum atomic E-state index is -1.32. The third-order valence-electron chi connectivity index (χ3n) is 7.85. The molecule has 43 heavy (non-hydrogen) atoms. The summed E-state index contributed by atoms with van der Waals surface area (Å²) in [6.45, 7) is 1.22. The van der Waals surface area contributed by atoms with Crippen molar-refractivity contribution in [3.8, 4) is 11.3 Å². The number of benzodiazepines with no additional fused rings is 1. The molecule has 11 heteroatoms. The van der Waals surface area contributed by atoms with Crippen molar-refractivity contribution in [1.29, 1.82) is 0 Å². The summed E-state index contributed by atoms with van der Waals surface area (Å²) in [4.78, 5) is 36.5. The van der Waals surface area contributed by atoms with E-state index in [9.17, 15) is 14.0 Å². The fourth-order valence-electron chi connectivity index (χ4n) is 5.39. The number of amides is 2. The predicted octanol–water partition coefficient (Wildman–Crippen LogP) is 4.56. The normalized spacial score (nSPS) is 18.7. The molecule has 0 spiro atoms. The van der Waals surface area contributed by atoms with Crippen LogP contribution in [0.1, 0.15) is 53.2 Å². The van der Waals surface area contributed by atoms with E-state index in [-0.39, 0.29) is 17.3 Å². The SMILES string of the molecule is O=C(N[C@H]1N=C(c2ccccc2)c2cccc(F)c2NC1=O)c1cn(C2CCOCC2)nc1-c1ccc(NC2CC2)nc1. The Labute approximate surface area is 247 Å². The van der Waals surface area contributed by atoms with Gasteiger partial charge >= 0.3 is 0 Å². The van der Waals surface area contributed by atoms with Crippen LogP contribution < -0.4 is 16.0 Å². The zero-order valence-electron chi connectivity index (χ0n) is 23.3. The molecule has 2 aliphatic heterocycles. The average molecular weight is 580 g/mol. The first kappa shape index (κ1) is 27.0. The third kappa shape index (κ3) is 5.63. The number of nitrogens with zero attached hydrogens (tertiary/aromatic N) is 4. The van der Waals surface area contributed by atoms with Crippen molar-refractivity contribution >= 4 is 29.0 Å². The number of anilines is 2. The van der Waals surface area contributed by atoms with Gasteiger partial charge in [-0.2, -0.15) is 5.10 Å². The number of rotatable bonds is 7.